The van der Waals surface area contributed by atoms with Gasteiger partial charge >= 0.3 is 5.97 Å². The summed E-state index contributed by atoms with van der Waals surface area (Å²) >= 11 is 0. The summed E-state index contributed by atoms with van der Waals surface area (Å²) in [6.45, 7) is 4.98. The number of carbonyl (C=O) groups excluding carboxylic acids is 2. The van der Waals surface area contributed by atoms with E-state index in [1.807, 2.05) is 0 Å². The van der Waals surface area contributed by atoms with Crippen LogP contribution in [0.1, 0.15) is 393 Å². The average Bonchev–Trinajstić information content (AvgIpc) is 3.41. The number of nitrogens with one attached hydrogen (secondary N) is 1. The van der Waals surface area contributed by atoms with Crippen LogP contribution in [0.4, 0.5) is 0 Å². The van der Waals surface area contributed by atoms with Crippen molar-refractivity contribution in [3.63, 3.8) is 0 Å². The van der Waals surface area contributed by atoms with Crippen molar-refractivity contribution >= 4 is 11.9 Å². The Morgan fingerprint density at radius 1 is 0.360 bits per heavy atom. The Morgan fingerprint density at radius 3 is 0.947 bits per heavy atom. The third-order valence-corrected chi connectivity index (χ3v) is 16.3. The van der Waals surface area contributed by atoms with Gasteiger partial charge in [0.25, 0.3) is 0 Å². The van der Waals surface area contributed by atoms with Crippen LogP contribution in [0.5, 0.6) is 0 Å². The van der Waals surface area contributed by atoms with Gasteiger partial charge in [0.05, 0.1) is 25.4 Å². The zero-order chi connectivity index (χ0) is 54.3. The molecule has 3 N–H and O–H groups in total. The Balaban J connectivity index is 3.42. The number of rotatable bonds is 65. The molecule has 0 fully saturated rings. The van der Waals surface area contributed by atoms with Crippen molar-refractivity contribution in [3.05, 3.63) is 12.2 Å². The Kier molecular flexibility index (Phi) is 63.9. The van der Waals surface area contributed by atoms with Gasteiger partial charge in [-0.05, 0) is 51.4 Å². The minimum atomic E-state index is -0.671. The molecule has 75 heavy (non-hydrogen) atoms. The summed E-state index contributed by atoms with van der Waals surface area (Å²) in [5.41, 5.74) is 0. The second-order valence-corrected chi connectivity index (χ2v) is 23.9. The van der Waals surface area contributed by atoms with E-state index in [1.165, 1.54) is 321 Å². The molecule has 0 aromatic rings. The smallest absolute Gasteiger partial charge is 0.305 e. The van der Waals surface area contributed by atoms with Gasteiger partial charge < -0.3 is 20.3 Å². The molecule has 6 nitrogen and oxygen atoms in total. The van der Waals surface area contributed by atoms with E-state index in [0.29, 0.717) is 25.9 Å². The van der Waals surface area contributed by atoms with Crippen LogP contribution in [0, 0.1) is 0 Å². The van der Waals surface area contributed by atoms with Crippen molar-refractivity contribution in [2.75, 3.05) is 13.2 Å². The Labute approximate surface area is 469 Å². The summed E-state index contributed by atoms with van der Waals surface area (Å²) in [4.78, 5) is 24.6. The lowest BCUT2D eigenvalue weighted by atomic mass is 10.0. The zero-order valence-electron chi connectivity index (χ0n) is 51.1. The van der Waals surface area contributed by atoms with E-state index in [1.54, 1.807) is 0 Å². The van der Waals surface area contributed by atoms with Crippen molar-refractivity contribution < 1.29 is 24.5 Å². The third kappa shape index (κ3) is 61.7. The molecule has 0 heterocycles. The van der Waals surface area contributed by atoms with Crippen LogP contribution < -0.4 is 5.32 Å². The van der Waals surface area contributed by atoms with Crippen molar-refractivity contribution in [1.29, 1.82) is 0 Å². The molecule has 0 radical (unpaired) electrons. The van der Waals surface area contributed by atoms with E-state index in [9.17, 15) is 19.8 Å². The van der Waals surface area contributed by atoms with Gasteiger partial charge in [0, 0.05) is 12.8 Å². The molecule has 0 spiro atoms. The Hall–Kier alpha value is -1.40. The van der Waals surface area contributed by atoms with Crippen LogP contribution in [0.3, 0.4) is 0 Å². The van der Waals surface area contributed by atoms with Gasteiger partial charge in [0.1, 0.15) is 0 Å². The first-order valence-electron chi connectivity index (χ1n) is 34.4. The normalized spacial score (nSPS) is 12.5. The highest BCUT2D eigenvalue weighted by molar-refractivity contribution is 5.76. The SMILES string of the molecule is CCCCCCCCCCCCCCCCCCCCCCCCCCC(O)C(CO)NC(=O)CCCCCCCCC/C=C\CCCCCCCCCCOC(=O)CCCCCCCCCCCCCCCCC. The third-order valence-electron chi connectivity index (χ3n) is 16.3. The number of hydrogen-bond donors (Lipinski definition) is 3. The molecule has 2 unspecified atom stereocenters. The number of ether oxygens (including phenoxy) is 1. The summed E-state index contributed by atoms with van der Waals surface area (Å²) in [5.74, 6) is -0.0314. The van der Waals surface area contributed by atoms with E-state index in [4.69, 9.17) is 4.74 Å². The van der Waals surface area contributed by atoms with E-state index in [-0.39, 0.29) is 18.5 Å². The van der Waals surface area contributed by atoms with Crippen molar-refractivity contribution in [1.82, 2.24) is 5.32 Å². The molecular weight excluding hydrogens is 923 g/mol. The van der Waals surface area contributed by atoms with Gasteiger partial charge in [-0.2, -0.15) is 0 Å². The topological polar surface area (TPSA) is 95.9 Å². The number of amides is 1. The van der Waals surface area contributed by atoms with Crippen molar-refractivity contribution in [3.8, 4) is 0 Å². The van der Waals surface area contributed by atoms with Crippen LogP contribution in [0.15, 0.2) is 12.2 Å². The van der Waals surface area contributed by atoms with Crippen LogP contribution >= 0.6 is 0 Å². The molecular formula is C69H135NO5. The molecule has 6 heteroatoms. The fourth-order valence-corrected chi connectivity index (χ4v) is 11.1. The predicted molar refractivity (Wildman–Crippen MR) is 329 cm³/mol. The summed E-state index contributed by atoms with van der Waals surface area (Å²) in [5, 5.41) is 23.4. The number of aliphatic hydroxyl groups excluding tert-OH is 2. The van der Waals surface area contributed by atoms with Crippen molar-refractivity contribution in [2.24, 2.45) is 0 Å². The average molecular weight is 1060 g/mol. The lowest BCUT2D eigenvalue weighted by Gasteiger charge is -2.22. The standard InChI is InChI=1S/C69H135NO5/c1-3-5-7-9-11-13-15-17-19-20-21-22-23-24-25-27-30-34-37-41-45-49-53-57-61-67(72)66(65-71)70-68(73)62-58-54-50-46-42-38-35-31-28-26-29-32-36-40-44-48-52-56-60-64-75-69(74)63-59-55-51-47-43-39-33-18-16-14-12-10-8-6-4-2/h26,28,66-67,71-72H,3-25,27,29-65H2,1-2H3,(H,70,73)/b28-26-. The number of hydrogen-bond acceptors (Lipinski definition) is 5. The first-order chi connectivity index (χ1) is 37.0. The summed E-state index contributed by atoms with van der Waals surface area (Å²) in [6.07, 6.45) is 79.6. The Bertz CT molecular complexity index is 1130. The van der Waals surface area contributed by atoms with Crippen LogP contribution in [-0.2, 0) is 14.3 Å². The van der Waals surface area contributed by atoms with Crippen LogP contribution in [-0.4, -0.2) is 47.4 Å². The maximum atomic E-state index is 12.5. The zero-order valence-corrected chi connectivity index (χ0v) is 51.1. The van der Waals surface area contributed by atoms with Gasteiger partial charge in [0.15, 0.2) is 0 Å². The molecule has 0 rings (SSSR count). The predicted octanol–water partition coefficient (Wildman–Crippen LogP) is 22.0. The molecule has 0 saturated heterocycles. The number of esters is 1. The molecule has 0 aromatic heterocycles. The van der Waals surface area contributed by atoms with E-state index in [0.717, 1.165) is 38.5 Å². The monoisotopic (exact) mass is 1060 g/mol. The second kappa shape index (κ2) is 65.1. The number of aliphatic hydroxyl groups is 2. The molecule has 0 aliphatic heterocycles. The summed E-state index contributed by atoms with van der Waals surface area (Å²) < 4.78 is 5.49. The minimum Gasteiger partial charge on any atom is -0.466 e. The second-order valence-electron chi connectivity index (χ2n) is 23.9. The molecule has 0 aliphatic carbocycles. The molecule has 0 aliphatic rings. The first-order valence-corrected chi connectivity index (χ1v) is 34.4. The quantitative estimate of drug-likeness (QED) is 0.0320. The van der Waals surface area contributed by atoms with E-state index >= 15 is 0 Å². The first kappa shape index (κ1) is 73.6. The molecule has 0 saturated carbocycles. The summed E-state index contributed by atoms with van der Waals surface area (Å²) in [7, 11) is 0. The lowest BCUT2D eigenvalue weighted by Crippen LogP contribution is -2.45. The lowest BCUT2D eigenvalue weighted by molar-refractivity contribution is -0.143. The Morgan fingerprint density at radius 2 is 0.627 bits per heavy atom. The molecule has 0 aromatic carbocycles. The maximum absolute atomic E-state index is 12.5. The maximum Gasteiger partial charge on any atom is 0.305 e. The number of allylic oxidation sites excluding steroid dienone is 2. The van der Waals surface area contributed by atoms with Gasteiger partial charge in [-0.15, -0.1) is 0 Å². The summed E-state index contributed by atoms with van der Waals surface area (Å²) in [6, 6.07) is -0.549. The molecule has 446 valence electrons. The number of unbranched alkanes of at least 4 members (excludes halogenated alkanes) is 52. The molecule has 0 bridgehead atoms. The highest BCUT2D eigenvalue weighted by Crippen LogP contribution is 2.19. The van der Waals surface area contributed by atoms with E-state index < -0.39 is 12.1 Å². The van der Waals surface area contributed by atoms with Gasteiger partial charge in [-0.3, -0.25) is 9.59 Å². The minimum absolute atomic E-state index is 0.00819. The number of carbonyl (C=O) groups is 2. The van der Waals surface area contributed by atoms with Crippen molar-refractivity contribution in [2.45, 2.75) is 405 Å². The highest BCUT2D eigenvalue weighted by atomic mass is 16.5. The fourth-order valence-electron chi connectivity index (χ4n) is 11.1. The highest BCUT2D eigenvalue weighted by Gasteiger charge is 2.20. The largest absolute Gasteiger partial charge is 0.466 e. The van der Waals surface area contributed by atoms with Gasteiger partial charge in [-0.1, -0.05) is 341 Å². The molecule has 2 atom stereocenters. The molecule has 1 amide bonds. The van der Waals surface area contributed by atoms with Gasteiger partial charge in [0.2, 0.25) is 5.91 Å². The van der Waals surface area contributed by atoms with Gasteiger partial charge in [-0.25, -0.2) is 0 Å². The van der Waals surface area contributed by atoms with Crippen LogP contribution in [0.25, 0.3) is 0 Å². The van der Waals surface area contributed by atoms with Crippen LogP contribution in [0.2, 0.25) is 0 Å². The van der Waals surface area contributed by atoms with E-state index in [2.05, 4.69) is 31.3 Å². The fraction of sp³-hybridized carbons (Fsp3) is 0.942.